The summed E-state index contributed by atoms with van der Waals surface area (Å²) in [6.45, 7) is 0. The highest BCUT2D eigenvalue weighted by atomic mass is 31.1. The van der Waals surface area contributed by atoms with E-state index >= 15 is 0 Å². The molecule has 0 radical (unpaired) electrons. The first kappa shape index (κ1) is 11.1. The molecule has 1 rings (SSSR count). The molecule has 14 heavy (non-hydrogen) atoms. The molecule has 0 aromatic heterocycles. The fourth-order valence-electron chi connectivity index (χ4n) is 1.08. The van der Waals surface area contributed by atoms with Gasteiger partial charge in [-0.3, -0.25) is 5.73 Å². The Hall–Kier alpha value is -0.960. The van der Waals surface area contributed by atoms with Gasteiger partial charge in [-0.2, -0.15) is 4.89 Å². The Morgan fingerprint density at radius 2 is 2.07 bits per heavy atom. The maximum absolute atomic E-state index is 10.6. The summed E-state index contributed by atoms with van der Waals surface area (Å²) < 4.78 is 15.6. The molecule has 0 aliphatic carbocycles. The van der Waals surface area contributed by atoms with Crippen molar-refractivity contribution in [3.05, 3.63) is 29.8 Å². The molecule has 2 unspecified atom stereocenters. The lowest BCUT2D eigenvalue weighted by atomic mass is 10.1. The van der Waals surface area contributed by atoms with Gasteiger partial charge in [0.05, 0.1) is 7.11 Å². The first-order chi connectivity index (χ1) is 6.63. The van der Waals surface area contributed by atoms with Crippen LogP contribution in [0, 0.1) is 0 Å². The molecule has 1 aromatic rings. The molecule has 0 saturated carbocycles. The topological polar surface area (TPSA) is 72.5 Å². The number of benzene rings is 1. The molecular formula is C9H13NO3P+. The molecule has 0 aliphatic rings. The van der Waals surface area contributed by atoms with Crippen molar-refractivity contribution in [3.63, 3.8) is 0 Å². The van der Waals surface area contributed by atoms with Gasteiger partial charge in [-0.05, 0) is 22.3 Å². The molecular weight excluding hydrogens is 201 g/mol. The largest absolute Gasteiger partial charge is 0.524 e. The molecule has 0 amide bonds. The predicted octanol–water partition coefficient (Wildman–Crippen LogP) is 1.26. The Morgan fingerprint density at radius 3 is 2.50 bits per heavy atom. The highest BCUT2D eigenvalue weighted by Crippen LogP contribution is 2.22. The van der Waals surface area contributed by atoms with Crippen LogP contribution in [0.3, 0.4) is 0 Å². The van der Waals surface area contributed by atoms with Crippen LogP contribution in [0.1, 0.15) is 5.56 Å². The Labute approximate surface area is 83.6 Å². The van der Waals surface area contributed by atoms with Crippen molar-refractivity contribution in [2.75, 3.05) is 7.11 Å². The maximum Gasteiger partial charge on any atom is 0.524 e. The predicted molar refractivity (Wildman–Crippen MR) is 54.5 cm³/mol. The van der Waals surface area contributed by atoms with Gasteiger partial charge in [0.15, 0.2) is 0 Å². The lowest BCUT2D eigenvalue weighted by molar-refractivity contribution is 0.414. The molecule has 76 valence electrons. The van der Waals surface area contributed by atoms with Crippen molar-refractivity contribution in [1.29, 1.82) is 0 Å². The number of ether oxygens (including phenoxy) is 1. The standard InChI is InChI=1S/C9H12NO3P/c1-13-8-4-2-7(3-5-8)6-9(10)14(11)12/h2-5,9H,6,10H2,1H3/p+1. The summed E-state index contributed by atoms with van der Waals surface area (Å²) in [6, 6.07) is 7.26. The van der Waals surface area contributed by atoms with Gasteiger partial charge < -0.3 is 4.74 Å². The summed E-state index contributed by atoms with van der Waals surface area (Å²) in [7, 11) is -0.711. The Balaban J connectivity index is 2.64. The van der Waals surface area contributed by atoms with Gasteiger partial charge in [0, 0.05) is 6.42 Å². The first-order valence-corrected chi connectivity index (χ1v) is 5.45. The smallest absolute Gasteiger partial charge is 0.497 e. The number of hydrogen-bond acceptors (Lipinski definition) is 3. The molecule has 0 aliphatic heterocycles. The minimum absolute atomic E-state index is 0.399. The minimum Gasteiger partial charge on any atom is -0.497 e. The second-order valence-corrected chi connectivity index (χ2v) is 4.19. The average Bonchev–Trinajstić information content (AvgIpc) is 2.19. The van der Waals surface area contributed by atoms with E-state index in [1.807, 2.05) is 12.1 Å². The molecule has 3 N–H and O–H groups in total. The fourth-order valence-corrected chi connectivity index (χ4v) is 1.45. The molecule has 0 fully saturated rings. The van der Waals surface area contributed by atoms with E-state index in [9.17, 15) is 4.57 Å². The third-order valence-electron chi connectivity index (χ3n) is 1.89. The first-order valence-electron chi connectivity index (χ1n) is 4.17. The van der Waals surface area contributed by atoms with Crippen LogP contribution in [0.4, 0.5) is 0 Å². The van der Waals surface area contributed by atoms with Crippen molar-refractivity contribution >= 4 is 8.03 Å². The van der Waals surface area contributed by atoms with Gasteiger partial charge in [-0.1, -0.05) is 12.1 Å². The summed E-state index contributed by atoms with van der Waals surface area (Å²) in [5.41, 5.74) is 6.38. The zero-order valence-corrected chi connectivity index (χ0v) is 8.78. The number of methoxy groups -OCH3 is 1. The third-order valence-corrected chi connectivity index (χ3v) is 2.64. The van der Waals surface area contributed by atoms with Crippen LogP contribution in [-0.4, -0.2) is 17.8 Å². The maximum atomic E-state index is 10.6. The Morgan fingerprint density at radius 1 is 1.50 bits per heavy atom. The molecule has 0 bridgehead atoms. The number of hydrogen-bond donors (Lipinski definition) is 2. The van der Waals surface area contributed by atoms with Gasteiger partial charge in [-0.25, -0.2) is 0 Å². The highest BCUT2D eigenvalue weighted by Gasteiger charge is 2.23. The van der Waals surface area contributed by atoms with Crippen LogP contribution in [-0.2, 0) is 11.0 Å². The summed E-state index contributed by atoms with van der Waals surface area (Å²) in [4.78, 5) is 8.74. The van der Waals surface area contributed by atoms with E-state index in [2.05, 4.69) is 0 Å². The highest BCUT2D eigenvalue weighted by molar-refractivity contribution is 7.38. The third kappa shape index (κ3) is 3.07. The van der Waals surface area contributed by atoms with E-state index in [4.69, 9.17) is 15.4 Å². The summed E-state index contributed by atoms with van der Waals surface area (Å²) in [5.74, 6) is 0.0640. The molecule has 0 spiro atoms. The minimum atomic E-state index is -2.30. The average molecular weight is 214 g/mol. The zero-order chi connectivity index (χ0) is 10.6. The van der Waals surface area contributed by atoms with Gasteiger partial charge in [0.1, 0.15) is 5.75 Å². The monoisotopic (exact) mass is 214 g/mol. The molecule has 0 heterocycles. The lowest BCUT2D eigenvalue weighted by Gasteiger charge is -2.02. The zero-order valence-electron chi connectivity index (χ0n) is 7.88. The van der Waals surface area contributed by atoms with Crippen molar-refractivity contribution in [3.8, 4) is 5.75 Å². The van der Waals surface area contributed by atoms with Crippen LogP contribution >= 0.6 is 8.03 Å². The van der Waals surface area contributed by atoms with E-state index in [0.29, 0.717) is 6.42 Å². The molecule has 2 atom stereocenters. The van der Waals surface area contributed by atoms with E-state index in [1.54, 1.807) is 19.2 Å². The molecule has 4 nitrogen and oxygen atoms in total. The number of nitrogens with two attached hydrogens (primary N) is 1. The van der Waals surface area contributed by atoms with Gasteiger partial charge >= 0.3 is 8.03 Å². The Kier molecular flexibility index (Phi) is 4.01. The molecule has 5 heteroatoms. The van der Waals surface area contributed by atoms with Crippen LogP contribution in [0.5, 0.6) is 5.75 Å². The second-order valence-electron chi connectivity index (χ2n) is 2.92. The van der Waals surface area contributed by atoms with Crippen LogP contribution in [0.15, 0.2) is 24.3 Å². The van der Waals surface area contributed by atoms with Gasteiger partial charge in [-0.15, -0.1) is 0 Å². The van der Waals surface area contributed by atoms with E-state index in [0.717, 1.165) is 11.3 Å². The fraction of sp³-hybridized carbons (Fsp3) is 0.333. The van der Waals surface area contributed by atoms with Crippen molar-refractivity contribution in [1.82, 2.24) is 0 Å². The van der Waals surface area contributed by atoms with E-state index in [-0.39, 0.29) is 0 Å². The van der Waals surface area contributed by atoms with Crippen molar-refractivity contribution in [2.45, 2.75) is 12.2 Å². The van der Waals surface area contributed by atoms with Crippen molar-refractivity contribution < 1.29 is 14.2 Å². The quantitative estimate of drug-likeness (QED) is 0.740. The van der Waals surface area contributed by atoms with E-state index < -0.39 is 13.8 Å². The van der Waals surface area contributed by atoms with Crippen molar-refractivity contribution in [2.24, 2.45) is 5.73 Å². The SMILES string of the molecule is COc1ccc(CC(N)[P+](=O)O)cc1. The summed E-state index contributed by atoms with van der Waals surface area (Å²) in [5, 5.41) is 0. The Bertz CT molecular complexity index is 312. The molecule has 0 saturated heterocycles. The summed E-state index contributed by atoms with van der Waals surface area (Å²) >= 11 is 0. The second kappa shape index (κ2) is 5.05. The van der Waals surface area contributed by atoms with Gasteiger partial charge in [0.2, 0.25) is 5.78 Å². The lowest BCUT2D eigenvalue weighted by Crippen LogP contribution is -2.17. The van der Waals surface area contributed by atoms with E-state index in [1.165, 1.54) is 0 Å². The molecule has 1 aromatic carbocycles. The van der Waals surface area contributed by atoms with Crippen LogP contribution in [0.2, 0.25) is 0 Å². The van der Waals surface area contributed by atoms with Gasteiger partial charge in [0.25, 0.3) is 0 Å². The summed E-state index contributed by atoms with van der Waals surface area (Å²) in [6.07, 6.45) is 0.399. The van der Waals surface area contributed by atoms with Crippen LogP contribution < -0.4 is 10.5 Å². The normalized spacial score (nSPS) is 13.5. The number of rotatable bonds is 4. The van der Waals surface area contributed by atoms with Crippen LogP contribution in [0.25, 0.3) is 0 Å².